The molecule has 4 rings (SSSR count). The first kappa shape index (κ1) is 14.1. The first-order valence-corrected chi connectivity index (χ1v) is 7.29. The van der Waals surface area contributed by atoms with Gasteiger partial charge in [-0.2, -0.15) is 0 Å². The van der Waals surface area contributed by atoms with E-state index in [2.05, 4.69) is 20.3 Å². The Morgan fingerprint density at radius 2 is 2.04 bits per heavy atom. The molecule has 0 bridgehead atoms. The Balaban J connectivity index is 1.67. The van der Waals surface area contributed by atoms with Crippen LogP contribution in [0.15, 0.2) is 55.0 Å². The first-order valence-electron chi connectivity index (χ1n) is 7.29. The summed E-state index contributed by atoms with van der Waals surface area (Å²) in [5.74, 6) is 0.711. The Labute approximate surface area is 137 Å². The smallest absolute Gasteiger partial charge is 0.274 e. The fraction of sp³-hybridized carbons (Fsp3) is 0.0588. The number of amides is 1. The number of fused-ring (bicyclic) bond motifs is 3. The van der Waals surface area contributed by atoms with Gasteiger partial charge in [-0.25, -0.2) is 9.97 Å². The number of carbonyl (C=O) groups is 1. The number of methoxy groups -OCH3 is 1. The van der Waals surface area contributed by atoms with Crippen LogP contribution in [-0.4, -0.2) is 32.4 Å². The number of aromatic nitrogens is 4. The van der Waals surface area contributed by atoms with E-state index in [0.717, 1.165) is 11.0 Å². The second-order valence-corrected chi connectivity index (χ2v) is 5.15. The summed E-state index contributed by atoms with van der Waals surface area (Å²) in [5, 5.41) is 2.75. The Bertz CT molecular complexity index is 1060. The molecule has 7 nitrogen and oxygen atoms in total. The zero-order chi connectivity index (χ0) is 16.5. The Morgan fingerprint density at radius 1 is 1.17 bits per heavy atom. The largest absolute Gasteiger partial charge is 0.495 e. The highest BCUT2D eigenvalue weighted by Crippen LogP contribution is 2.17. The highest BCUT2D eigenvalue weighted by Gasteiger charge is 2.12. The second kappa shape index (κ2) is 5.62. The Morgan fingerprint density at radius 3 is 2.92 bits per heavy atom. The first-order chi connectivity index (χ1) is 11.7. The molecule has 1 amide bonds. The maximum absolute atomic E-state index is 12.4. The van der Waals surface area contributed by atoms with Crippen molar-refractivity contribution in [2.75, 3.05) is 12.4 Å². The molecule has 0 saturated carbocycles. The summed E-state index contributed by atoms with van der Waals surface area (Å²) in [4.78, 5) is 25.2. The van der Waals surface area contributed by atoms with Gasteiger partial charge in [0.15, 0.2) is 0 Å². The predicted octanol–water partition coefficient (Wildman–Crippen LogP) is 2.54. The third-order valence-electron chi connectivity index (χ3n) is 3.62. The van der Waals surface area contributed by atoms with Crippen LogP contribution in [-0.2, 0) is 0 Å². The molecule has 118 valence electrons. The van der Waals surface area contributed by atoms with Crippen LogP contribution >= 0.6 is 0 Å². The van der Waals surface area contributed by atoms with E-state index in [1.165, 1.54) is 0 Å². The van der Waals surface area contributed by atoms with E-state index in [0.29, 0.717) is 17.2 Å². The molecule has 0 saturated heterocycles. The topological polar surface area (TPSA) is 81.4 Å². The number of hydrogen-bond donors (Lipinski definition) is 1. The third kappa shape index (κ3) is 2.41. The lowest BCUT2D eigenvalue weighted by atomic mass is 10.3. The number of rotatable bonds is 3. The maximum atomic E-state index is 12.4. The van der Waals surface area contributed by atoms with Crippen molar-refractivity contribution >= 4 is 28.4 Å². The predicted molar refractivity (Wildman–Crippen MR) is 89.2 cm³/mol. The molecule has 0 unspecified atom stereocenters. The number of nitrogens with zero attached hydrogens (tertiary/aromatic N) is 4. The molecule has 4 aromatic rings. The molecular weight excluding hydrogens is 306 g/mol. The number of imidazole rings is 1. The molecule has 0 atom stereocenters. The van der Waals surface area contributed by atoms with E-state index < -0.39 is 0 Å². The summed E-state index contributed by atoms with van der Waals surface area (Å²) in [6.45, 7) is 0. The molecule has 3 heterocycles. The highest BCUT2D eigenvalue weighted by molar-refractivity contribution is 6.03. The number of pyridine rings is 1. The van der Waals surface area contributed by atoms with Gasteiger partial charge in [0.1, 0.15) is 11.4 Å². The van der Waals surface area contributed by atoms with Gasteiger partial charge < -0.3 is 10.1 Å². The van der Waals surface area contributed by atoms with Crippen molar-refractivity contribution in [3.63, 3.8) is 0 Å². The minimum Gasteiger partial charge on any atom is -0.495 e. The summed E-state index contributed by atoms with van der Waals surface area (Å²) in [6, 6.07) is 11.1. The summed E-state index contributed by atoms with van der Waals surface area (Å²) in [5.41, 5.74) is 2.60. The average Bonchev–Trinajstić information content (AvgIpc) is 2.99. The van der Waals surface area contributed by atoms with Gasteiger partial charge in [0.2, 0.25) is 5.78 Å². The van der Waals surface area contributed by atoms with Gasteiger partial charge in [-0.05, 0) is 18.2 Å². The number of para-hydroxylation sites is 2. The van der Waals surface area contributed by atoms with E-state index in [4.69, 9.17) is 4.74 Å². The monoisotopic (exact) mass is 319 g/mol. The van der Waals surface area contributed by atoms with Crippen LogP contribution in [0.4, 0.5) is 5.69 Å². The lowest BCUT2D eigenvalue weighted by Gasteiger charge is -2.06. The molecule has 0 radical (unpaired) electrons. The van der Waals surface area contributed by atoms with Crippen LogP contribution < -0.4 is 10.1 Å². The zero-order valence-corrected chi connectivity index (χ0v) is 12.8. The normalized spacial score (nSPS) is 10.9. The van der Waals surface area contributed by atoms with Crippen LogP contribution in [0.2, 0.25) is 0 Å². The van der Waals surface area contributed by atoms with Crippen molar-refractivity contribution in [3.05, 3.63) is 60.7 Å². The van der Waals surface area contributed by atoms with Crippen LogP contribution in [0.1, 0.15) is 10.5 Å². The SMILES string of the molecule is COc1cncc(NC(=O)c2ccn3c(n2)nc2ccccc23)c1. The maximum Gasteiger partial charge on any atom is 0.274 e. The minimum absolute atomic E-state index is 0.278. The van der Waals surface area contributed by atoms with Crippen molar-refractivity contribution in [2.24, 2.45) is 0 Å². The van der Waals surface area contributed by atoms with Gasteiger partial charge in [-0.15, -0.1) is 0 Å². The Kier molecular flexibility index (Phi) is 3.31. The zero-order valence-electron chi connectivity index (χ0n) is 12.8. The fourth-order valence-corrected chi connectivity index (χ4v) is 2.47. The third-order valence-corrected chi connectivity index (χ3v) is 3.62. The molecular formula is C17H13N5O2. The molecule has 3 aromatic heterocycles. The summed E-state index contributed by atoms with van der Waals surface area (Å²) >= 11 is 0. The van der Waals surface area contributed by atoms with Crippen molar-refractivity contribution < 1.29 is 9.53 Å². The number of hydrogen-bond acceptors (Lipinski definition) is 5. The van der Waals surface area contributed by atoms with Crippen molar-refractivity contribution in [3.8, 4) is 5.75 Å². The molecule has 24 heavy (non-hydrogen) atoms. The van der Waals surface area contributed by atoms with Gasteiger partial charge in [0.25, 0.3) is 5.91 Å². The minimum atomic E-state index is -0.334. The van der Waals surface area contributed by atoms with E-state index in [-0.39, 0.29) is 11.6 Å². The molecule has 0 aliphatic heterocycles. The number of nitrogens with one attached hydrogen (secondary N) is 1. The number of ether oxygens (including phenoxy) is 1. The van der Waals surface area contributed by atoms with Crippen molar-refractivity contribution in [2.45, 2.75) is 0 Å². The van der Waals surface area contributed by atoms with E-state index in [1.807, 2.05) is 28.7 Å². The van der Waals surface area contributed by atoms with Crippen LogP contribution in [0.25, 0.3) is 16.8 Å². The Hall–Kier alpha value is -3.48. The summed E-state index contributed by atoms with van der Waals surface area (Å²) in [7, 11) is 1.54. The quantitative estimate of drug-likeness (QED) is 0.627. The number of carbonyl (C=O) groups excluding carboxylic acids is 1. The highest BCUT2D eigenvalue weighted by atomic mass is 16.5. The lowest BCUT2D eigenvalue weighted by molar-refractivity contribution is 0.102. The van der Waals surface area contributed by atoms with E-state index in [1.54, 1.807) is 37.8 Å². The van der Waals surface area contributed by atoms with Gasteiger partial charge in [0, 0.05) is 12.3 Å². The van der Waals surface area contributed by atoms with Gasteiger partial charge in [0.05, 0.1) is 36.2 Å². The standard InChI is InChI=1S/C17H13N5O2/c1-24-12-8-11(9-18-10-12)19-16(23)14-6-7-22-15-5-3-2-4-13(15)20-17(22)21-14/h2-10H,1H3,(H,19,23). The van der Waals surface area contributed by atoms with E-state index in [9.17, 15) is 4.79 Å². The van der Waals surface area contributed by atoms with Crippen LogP contribution in [0.3, 0.4) is 0 Å². The van der Waals surface area contributed by atoms with Gasteiger partial charge in [-0.3, -0.25) is 14.2 Å². The van der Waals surface area contributed by atoms with Gasteiger partial charge in [-0.1, -0.05) is 12.1 Å². The number of anilines is 1. The fourth-order valence-electron chi connectivity index (χ4n) is 2.47. The van der Waals surface area contributed by atoms with Crippen LogP contribution in [0, 0.1) is 0 Å². The number of benzene rings is 1. The lowest BCUT2D eigenvalue weighted by Crippen LogP contribution is -2.14. The molecule has 0 spiro atoms. The van der Waals surface area contributed by atoms with Gasteiger partial charge >= 0.3 is 0 Å². The van der Waals surface area contributed by atoms with Crippen LogP contribution in [0.5, 0.6) is 5.75 Å². The molecule has 0 aliphatic carbocycles. The molecule has 0 aliphatic rings. The second-order valence-electron chi connectivity index (χ2n) is 5.15. The van der Waals surface area contributed by atoms with Crippen molar-refractivity contribution in [1.29, 1.82) is 0 Å². The summed E-state index contributed by atoms with van der Waals surface area (Å²) < 4.78 is 6.94. The molecule has 7 heteroatoms. The molecule has 1 aromatic carbocycles. The summed E-state index contributed by atoms with van der Waals surface area (Å²) in [6.07, 6.45) is 4.90. The molecule has 0 fully saturated rings. The van der Waals surface area contributed by atoms with Crippen molar-refractivity contribution in [1.82, 2.24) is 19.4 Å². The average molecular weight is 319 g/mol. The molecule has 1 N–H and O–H groups in total. The van der Waals surface area contributed by atoms with E-state index >= 15 is 0 Å².